The maximum atomic E-state index is 12.7. The van der Waals surface area contributed by atoms with E-state index < -0.39 is 29.3 Å². The second-order valence-electron chi connectivity index (χ2n) is 4.86. The Morgan fingerprint density at radius 1 is 1.41 bits per heavy atom. The molecule has 3 heterocycles. The molecule has 0 aromatic carbocycles. The van der Waals surface area contributed by atoms with Crippen LogP contribution in [-0.4, -0.2) is 48.0 Å². The molecule has 0 radical (unpaired) electrons. The van der Waals surface area contributed by atoms with Crippen LogP contribution in [-0.2, 0) is 4.74 Å². The van der Waals surface area contributed by atoms with Crippen LogP contribution in [0, 0.1) is 0 Å². The highest BCUT2D eigenvalue weighted by atomic mass is 79.9. The summed E-state index contributed by atoms with van der Waals surface area (Å²) in [5, 5.41) is 20.2. The van der Waals surface area contributed by atoms with Crippen molar-refractivity contribution in [1.82, 2.24) is 19.5 Å². The van der Waals surface area contributed by atoms with Crippen LogP contribution >= 0.6 is 15.9 Å². The SMILES string of the molecule is Nc1ncnc2c1ncn2C1O[C@H](C/C=C(/F)Br)[C@@H](O)[C@H]1O. The summed E-state index contributed by atoms with van der Waals surface area (Å²) in [4.78, 5) is 12.0. The van der Waals surface area contributed by atoms with Gasteiger partial charge in [-0.15, -0.1) is 0 Å². The summed E-state index contributed by atoms with van der Waals surface area (Å²) in [7, 11) is 0. The van der Waals surface area contributed by atoms with Gasteiger partial charge in [0.25, 0.3) is 0 Å². The summed E-state index contributed by atoms with van der Waals surface area (Å²) in [5.41, 5.74) is 6.46. The monoisotopic (exact) mass is 373 g/mol. The predicted molar refractivity (Wildman–Crippen MR) is 78.4 cm³/mol. The summed E-state index contributed by atoms with van der Waals surface area (Å²) >= 11 is 2.66. The van der Waals surface area contributed by atoms with Crippen molar-refractivity contribution >= 4 is 32.9 Å². The Balaban J connectivity index is 1.91. The van der Waals surface area contributed by atoms with E-state index in [-0.39, 0.29) is 12.2 Å². The first-order chi connectivity index (χ1) is 10.5. The van der Waals surface area contributed by atoms with E-state index in [1.54, 1.807) is 0 Å². The summed E-state index contributed by atoms with van der Waals surface area (Å²) in [6, 6.07) is 0. The van der Waals surface area contributed by atoms with Crippen molar-refractivity contribution in [1.29, 1.82) is 0 Å². The summed E-state index contributed by atoms with van der Waals surface area (Å²) in [6.45, 7) is 0. The largest absolute Gasteiger partial charge is 0.388 e. The molecule has 1 aliphatic heterocycles. The third kappa shape index (κ3) is 2.58. The number of ether oxygens (including phenoxy) is 1. The maximum Gasteiger partial charge on any atom is 0.167 e. The molecule has 1 fully saturated rings. The number of nitrogen functional groups attached to an aromatic ring is 1. The third-order valence-corrected chi connectivity index (χ3v) is 3.83. The average Bonchev–Trinajstić information content (AvgIpc) is 3.01. The predicted octanol–water partition coefficient (Wildman–Crippen LogP) is 0.624. The zero-order valence-corrected chi connectivity index (χ0v) is 12.8. The van der Waals surface area contributed by atoms with Gasteiger partial charge in [-0.1, -0.05) is 0 Å². The molecule has 3 rings (SSSR count). The normalized spacial score (nSPS) is 29.4. The number of rotatable bonds is 3. The minimum absolute atomic E-state index is 0.107. The van der Waals surface area contributed by atoms with E-state index in [0.29, 0.717) is 11.2 Å². The Morgan fingerprint density at radius 3 is 2.91 bits per heavy atom. The van der Waals surface area contributed by atoms with Gasteiger partial charge in [0.2, 0.25) is 0 Å². The van der Waals surface area contributed by atoms with Crippen LogP contribution in [0.15, 0.2) is 23.5 Å². The van der Waals surface area contributed by atoms with Gasteiger partial charge in [-0.2, -0.15) is 4.39 Å². The Labute approximate surface area is 132 Å². The lowest BCUT2D eigenvalue weighted by Crippen LogP contribution is -2.31. The van der Waals surface area contributed by atoms with Crippen LogP contribution in [0.3, 0.4) is 0 Å². The van der Waals surface area contributed by atoms with E-state index in [2.05, 4.69) is 30.9 Å². The van der Waals surface area contributed by atoms with Crippen LogP contribution in [0.1, 0.15) is 12.6 Å². The van der Waals surface area contributed by atoms with Gasteiger partial charge >= 0.3 is 0 Å². The number of hydrogen-bond acceptors (Lipinski definition) is 7. The molecule has 22 heavy (non-hydrogen) atoms. The van der Waals surface area contributed by atoms with E-state index in [1.807, 2.05) is 0 Å². The van der Waals surface area contributed by atoms with E-state index in [9.17, 15) is 14.6 Å². The Morgan fingerprint density at radius 2 is 2.18 bits per heavy atom. The fourth-order valence-corrected chi connectivity index (χ4v) is 2.60. The molecule has 0 bridgehead atoms. The van der Waals surface area contributed by atoms with Gasteiger partial charge < -0.3 is 20.7 Å². The fraction of sp³-hybridized carbons (Fsp3) is 0.417. The van der Waals surface area contributed by atoms with Crippen LogP contribution in [0.4, 0.5) is 10.2 Å². The van der Waals surface area contributed by atoms with Crippen LogP contribution in [0.25, 0.3) is 11.2 Å². The molecule has 118 valence electrons. The van der Waals surface area contributed by atoms with Crippen LogP contribution in [0.5, 0.6) is 0 Å². The highest BCUT2D eigenvalue weighted by Gasteiger charge is 2.43. The highest BCUT2D eigenvalue weighted by molar-refractivity contribution is 9.11. The fourth-order valence-electron chi connectivity index (χ4n) is 2.42. The van der Waals surface area contributed by atoms with Crippen molar-refractivity contribution in [2.75, 3.05) is 5.73 Å². The quantitative estimate of drug-likeness (QED) is 0.721. The molecular formula is C12H13BrFN5O3. The standard InChI is InChI=1S/C12H13BrFN5O3/c13-6(14)2-1-5-8(20)9(21)12(22-5)19-4-18-7-10(15)16-3-17-11(7)19/h2-5,8-9,12,20-21H,1H2,(H2,15,16,17)/b6-2+/t5-,8-,9-,12?/m1/s1. The lowest BCUT2D eigenvalue weighted by molar-refractivity contribution is -0.0338. The molecule has 0 amide bonds. The minimum atomic E-state index is -1.20. The van der Waals surface area contributed by atoms with Gasteiger partial charge in [-0.25, -0.2) is 15.0 Å². The molecular weight excluding hydrogens is 361 g/mol. The van der Waals surface area contributed by atoms with Gasteiger partial charge in [-0.05, 0) is 28.4 Å². The number of aliphatic hydroxyl groups is 2. The number of imidazole rings is 1. The first kappa shape index (κ1) is 15.3. The number of nitrogens with two attached hydrogens (primary N) is 1. The van der Waals surface area contributed by atoms with Gasteiger partial charge in [-0.3, -0.25) is 4.57 Å². The number of nitrogens with zero attached hydrogens (tertiary/aromatic N) is 4. The molecule has 4 atom stereocenters. The van der Waals surface area contributed by atoms with Crippen LogP contribution < -0.4 is 5.73 Å². The van der Waals surface area contributed by atoms with Crippen LogP contribution in [0.2, 0.25) is 0 Å². The summed E-state index contributed by atoms with van der Waals surface area (Å²) in [5.74, 6) is 0.206. The number of aliphatic hydroxyl groups excluding tert-OH is 2. The van der Waals surface area contributed by atoms with E-state index in [1.165, 1.54) is 23.3 Å². The second kappa shape index (κ2) is 5.88. The molecule has 10 heteroatoms. The zero-order valence-electron chi connectivity index (χ0n) is 11.2. The molecule has 0 aliphatic carbocycles. The molecule has 0 saturated carbocycles. The number of fused-ring (bicyclic) bond motifs is 1. The van der Waals surface area contributed by atoms with E-state index in [4.69, 9.17) is 10.5 Å². The van der Waals surface area contributed by atoms with Gasteiger partial charge in [0.15, 0.2) is 22.4 Å². The van der Waals surface area contributed by atoms with Gasteiger partial charge in [0.05, 0.1) is 12.4 Å². The number of aromatic nitrogens is 4. The van der Waals surface area contributed by atoms with Crippen molar-refractivity contribution < 1.29 is 19.3 Å². The summed E-state index contributed by atoms with van der Waals surface area (Å²) < 4.78 is 19.3. The maximum absolute atomic E-state index is 12.7. The molecule has 2 aromatic heterocycles. The second-order valence-corrected chi connectivity index (χ2v) is 5.62. The average molecular weight is 374 g/mol. The topological polar surface area (TPSA) is 119 Å². The van der Waals surface area contributed by atoms with Crippen molar-refractivity contribution in [2.45, 2.75) is 31.0 Å². The molecule has 2 aromatic rings. The molecule has 1 unspecified atom stereocenters. The Kier molecular flexibility index (Phi) is 4.08. The Bertz CT molecular complexity index is 720. The molecule has 0 spiro atoms. The van der Waals surface area contributed by atoms with E-state index in [0.717, 1.165) is 0 Å². The smallest absolute Gasteiger partial charge is 0.167 e. The minimum Gasteiger partial charge on any atom is -0.388 e. The van der Waals surface area contributed by atoms with Crippen molar-refractivity contribution in [3.05, 3.63) is 23.5 Å². The molecule has 8 nitrogen and oxygen atoms in total. The van der Waals surface area contributed by atoms with Crippen molar-refractivity contribution in [3.8, 4) is 0 Å². The first-order valence-electron chi connectivity index (χ1n) is 6.45. The molecule has 4 N–H and O–H groups in total. The number of halogens is 2. The first-order valence-corrected chi connectivity index (χ1v) is 7.24. The number of hydrogen-bond donors (Lipinski definition) is 3. The lowest BCUT2D eigenvalue weighted by atomic mass is 10.1. The molecule has 1 saturated heterocycles. The highest BCUT2D eigenvalue weighted by Crippen LogP contribution is 2.33. The van der Waals surface area contributed by atoms with Crippen molar-refractivity contribution in [3.63, 3.8) is 0 Å². The van der Waals surface area contributed by atoms with Gasteiger partial charge in [0, 0.05) is 0 Å². The Hall–Kier alpha value is -1.62. The molecule has 1 aliphatic rings. The summed E-state index contributed by atoms with van der Waals surface area (Å²) in [6.07, 6.45) is -0.0145. The zero-order chi connectivity index (χ0) is 15.9. The van der Waals surface area contributed by atoms with Gasteiger partial charge in [0.1, 0.15) is 24.1 Å². The van der Waals surface area contributed by atoms with Crippen molar-refractivity contribution in [2.24, 2.45) is 0 Å². The third-order valence-electron chi connectivity index (χ3n) is 3.50. The lowest BCUT2D eigenvalue weighted by Gasteiger charge is -2.16. The number of anilines is 1. The van der Waals surface area contributed by atoms with E-state index >= 15 is 0 Å².